The van der Waals surface area contributed by atoms with Crippen LogP contribution < -0.4 is 21.6 Å². The van der Waals surface area contributed by atoms with Gasteiger partial charge in [-0.3, -0.25) is 15.1 Å². The summed E-state index contributed by atoms with van der Waals surface area (Å²) in [6.07, 6.45) is 3.21. The van der Waals surface area contributed by atoms with Crippen molar-refractivity contribution in [1.82, 2.24) is 15.3 Å². The molecule has 10 nitrogen and oxygen atoms in total. The van der Waals surface area contributed by atoms with Gasteiger partial charge in [-0.15, -0.1) is 0 Å². The van der Waals surface area contributed by atoms with Crippen molar-refractivity contribution in [2.45, 2.75) is 52.2 Å². The summed E-state index contributed by atoms with van der Waals surface area (Å²) in [6.45, 7) is 7.71. The Morgan fingerprint density at radius 2 is 1.82 bits per heavy atom. The number of hydrogen-bond donors (Lipinski definition) is 3. The van der Waals surface area contributed by atoms with Crippen LogP contribution >= 0.6 is 0 Å². The highest BCUT2D eigenvalue weighted by Crippen LogP contribution is 2.25. The average Bonchev–Trinajstić information content (AvgIpc) is 2.91. The summed E-state index contributed by atoms with van der Waals surface area (Å²) in [5.41, 5.74) is 1.90. The van der Waals surface area contributed by atoms with E-state index in [-0.39, 0.29) is 17.3 Å². The van der Waals surface area contributed by atoms with Gasteiger partial charge in [0.05, 0.1) is 16.8 Å². The van der Waals surface area contributed by atoms with Gasteiger partial charge in [0.2, 0.25) is 5.91 Å². The number of nitrogens with one attached hydrogen (secondary N) is 3. The van der Waals surface area contributed by atoms with Crippen LogP contribution in [0.2, 0.25) is 0 Å². The first-order valence-electron chi connectivity index (χ1n) is 13.0. The minimum atomic E-state index is -0.657. The van der Waals surface area contributed by atoms with Crippen LogP contribution in [0.5, 0.6) is 0 Å². The maximum atomic E-state index is 13.1. The smallest absolute Gasteiger partial charge is 0.412 e. The largest absolute Gasteiger partial charge is 0.444 e. The Kier molecular flexibility index (Phi) is 8.78. The number of carbonyl (C=O) groups excluding carboxylic acids is 2. The number of aryl methyl sites for hydroxylation is 1. The van der Waals surface area contributed by atoms with Gasteiger partial charge in [-0.25, -0.2) is 9.59 Å². The lowest BCUT2D eigenvalue weighted by Crippen LogP contribution is -2.30. The van der Waals surface area contributed by atoms with Gasteiger partial charge in [0.25, 0.3) is 6.01 Å². The molecule has 2 amide bonds. The van der Waals surface area contributed by atoms with E-state index in [2.05, 4.69) is 25.9 Å². The number of rotatable bonds is 9. The van der Waals surface area contributed by atoms with Crippen LogP contribution in [0.1, 0.15) is 49.8 Å². The van der Waals surface area contributed by atoms with Gasteiger partial charge < -0.3 is 19.8 Å². The Morgan fingerprint density at radius 3 is 2.52 bits per heavy atom. The monoisotopic (exact) mass is 543 g/mol. The van der Waals surface area contributed by atoms with E-state index in [9.17, 15) is 14.4 Å². The minimum absolute atomic E-state index is 0.0485. The van der Waals surface area contributed by atoms with Gasteiger partial charge in [-0.2, -0.15) is 4.98 Å². The summed E-state index contributed by atoms with van der Waals surface area (Å²) in [6, 6.07) is 16.6. The van der Waals surface area contributed by atoms with Gasteiger partial charge in [0.1, 0.15) is 5.60 Å². The highest BCUT2D eigenvalue weighted by Gasteiger charge is 2.21. The van der Waals surface area contributed by atoms with E-state index in [4.69, 9.17) is 9.15 Å². The Morgan fingerprint density at radius 1 is 1.05 bits per heavy atom. The van der Waals surface area contributed by atoms with E-state index >= 15 is 0 Å². The van der Waals surface area contributed by atoms with Gasteiger partial charge in [0, 0.05) is 31.2 Å². The second-order valence-electron chi connectivity index (χ2n) is 10.3. The molecule has 0 fully saturated rings. The predicted octanol–water partition coefficient (Wildman–Crippen LogP) is 5.14. The fraction of sp³-hybridized carbons (Fsp3) is 0.300. The summed E-state index contributed by atoms with van der Waals surface area (Å²) in [7, 11) is 0. The second kappa shape index (κ2) is 12.4. The molecule has 3 N–H and O–H groups in total. The van der Waals surface area contributed by atoms with Crippen molar-refractivity contribution in [3.05, 3.63) is 94.1 Å². The lowest BCUT2D eigenvalue weighted by atomic mass is 9.94. The summed E-state index contributed by atoms with van der Waals surface area (Å²) < 4.78 is 10.7. The van der Waals surface area contributed by atoms with E-state index in [1.807, 2.05) is 42.5 Å². The first-order chi connectivity index (χ1) is 19.1. The van der Waals surface area contributed by atoms with Gasteiger partial charge in [0.15, 0.2) is 0 Å². The summed E-state index contributed by atoms with van der Waals surface area (Å²) >= 11 is 0. The number of pyridine rings is 1. The van der Waals surface area contributed by atoms with Crippen LogP contribution in [0.15, 0.2) is 76.2 Å². The summed E-state index contributed by atoms with van der Waals surface area (Å²) in [5, 5.41) is 8.95. The van der Waals surface area contributed by atoms with Crippen LogP contribution in [-0.4, -0.2) is 34.1 Å². The number of fused-ring (bicyclic) bond motifs is 1. The van der Waals surface area contributed by atoms with E-state index in [1.54, 1.807) is 52.2 Å². The van der Waals surface area contributed by atoms with Crippen LogP contribution in [0.3, 0.4) is 0 Å². The molecule has 1 unspecified atom stereocenters. The molecule has 2 heterocycles. The molecule has 0 bridgehead atoms. The Bertz CT molecular complexity index is 1530. The normalized spacial score (nSPS) is 12.0. The molecule has 0 saturated carbocycles. The van der Waals surface area contributed by atoms with Gasteiger partial charge in [-0.1, -0.05) is 36.4 Å². The number of benzene rings is 2. The van der Waals surface area contributed by atoms with Crippen molar-refractivity contribution >= 4 is 34.6 Å². The number of carbonyl (C=O) groups is 2. The van der Waals surface area contributed by atoms with Crippen LogP contribution in [-0.2, 0) is 16.1 Å². The topological polar surface area (TPSA) is 135 Å². The molecule has 208 valence electrons. The van der Waals surface area contributed by atoms with Crippen LogP contribution in [0, 0.1) is 6.92 Å². The molecule has 2 aromatic heterocycles. The number of ether oxygens (including phenoxy) is 1. The minimum Gasteiger partial charge on any atom is -0.444 e. The molecule has 0 aliphatic heterocycles. The van der Waals surface area contributed by atoms with Crippen LogP contribution in [0.25, 0.3) is 10.9 Å². The zero-order chi connectivity index (χ0) is 28.7. The van der Waals surface area contributed by atoms with E-state index < -0.39 is 23.2 Å². The number of hydrogen-bond acceptors (Lipinski definition) is 8. The lowest BCUT2D eigenvalue weighted by molar-refractivity contribution is -0.122. The summed E-state index contributed by atoms with van der Waals surface area (Å²) in [5.74, 6) is -0.549. The maximum absolute atomic E-state index is 13.1. The molecule has 2 aromatic carbocycles. The van der Waals surface area contributed by atoms with E-state index in [0.29, 0.717) is 36.3 Å². The van der Waals surface area contributed by atoms with E-state index in [0.717, 1.165) is 11.1 Å². The quantitative estimate of drug-likeness (QED) is 0.264. The SMILES string of the molecule is Cc1c(NC(=O)OC(C)(C)C)ccc2nc(NCCC(C(=O)NCc3cccnc3)c3ccccc3)oc(=O)c12. The fourth-order valence-electron chi connectivity index (χ4n) is 4.22. The molecule has 10 heteroatoms. The average molecular weight is 544 g/mol. The van der Waals surface area contributed by atoms with Crippen molar-refractivity contribution in [1.29, 1.82) is 0 Å². The van der Waals surface area contributed by atoms with E-state index in [1.165, 1.54) is 0 Å². The maximum Gasteiger partial charge on any atom is 0.412 e. The molecule has 0 aliphatic carbocycles. The molecule has 0 radical (unpaired) electrons. The standard InChI is InChI=1S/C30H33N5O5/c1-19-23(35-29(38)40-30(2,3)4)12-13-24-25(19)27(37)39-28(34-24)32-16-14-22(21-10-6-5-7-11-21)26(36)33-18-20-9-8-15-31-17-20/h5-13,15,17,22H,14,16,18H2,1-4H3,(H,32,34)(H,33,36)(H,35,38). The molecular weight excluding hydrogens is 510 g/mol. The molecule has 0 saturated heterocycles. The highest BCUT2D eigenvalue weighted by molar-refractivity contribution is 5.93. The Balaban J connectivity index is 1.45. The lowest BCUT2D eigenvalue weighted by Gasteiger charge is -2.20. The second-order valence-corrected chi connectivity index (χ2v) is 10.3. The van der Waals surface area contributed by atoms with Crippen molar-refractivity contribution < 1.29 is 18.7 Å². The Labute approximate surface area is 232 Å². The number of aromatic nitrogens is 2. The molecule has 1 atom stereocenters. The molecular formula is C30H33N5O5. The third-order valence-corrected chi connectivity index (χ3v) is 6.11. The van der Waals surface area contributed by atoms with Crippen molar-refractivity contribution in [2.75, 3.05) is 17.2 Å². The molecule has 40 heavy (non-hydrogen) atoms. The highest BCUT2D eigenvalue weighted by atomic mass is 16.6. The van der Waals surface area contributed by atoms with Crippen molar-refractivity contribution in [2.24, 2.45) is 0 Å². The number of anilines is 2. The van der Waals surface area contributed by atoms with Gasteiger partial charge in [-0.05, 0) is 69.0 Å². The first-order valence-corrected chi connectivity index (χ1v) is 13.0. The van der Waals surface area contributed by atoms with Crippen LogP contribution in [0.4, 0.5) is 16.5 Å². The predicted molar refractivity (Wildman–Crippen MR) is 153 cm³/mol. The zero-order valence-electron chi connectivity index (χ0n) is 23.0. The fourth-order valence-corrected chi connectivity index (χ4v) is 4.22. The van der Waals surface area contributed by atoms with Crippen molar-refractivity contribution in [3.8, 4) is 0 Å². The van der Waals surface area contributed by atoms with Gasteiger partial charge >= 0.3 is 11.7 Å². The first kappa shape index (κ1) is 28.3. The molecule has 0 spiro atoms. The third kappa shape index (κ3) is 7.43. The molecule has 0 aliphatic rings. The third-order valence-electron chi connectivity index (χ3n) is 6.11. The molecule has 4 rings (SSSR count). The Hall–Kier alpha value is -4.73. The number of amides is 2. The summed E-state index contributed by atoms with van der Waals surface area (Å²) in [4.78, 5) is 46.7. The molecule has 4 aromatic rings. The zero-order valence-corrected chi connectivity index (χ0v) is 23.0. The number of nitrogens with zero attached hydrogens (tertiary/aromatic N) is 2. The van der Waals surface area contributed by atoms with Crippen molar-refractivity contribution in [3.63, 3.8) is 0 Å².